The van der Waals surface area contributed by atoms with Crippen LogP contribution in [0.1, 0.15) is 31.2 Å². The Bertz CT molecular complexity index is 942. The molecule has 148 valence electrons. The molecule has 2 aromatic carbocycles. The van der Waals surface area contributed by atoms with Crippen LogP contribution in [0.4, 0.5) is 17.1 Å². The molecule has 2 fully saturated rings. The summed E-state index contributed by atoms with van der Waals surface area (Å²) >= 11 is 0. The second-order valence-electron chi connectivity index (χ2n) is 7.62. The van der Waals surface area contributed by atoms with Crippen molar-refractivity contribution in [2.45, 2.75) is 25.7 Å². The fourth-order valence-corrected chi connectivity index (χ4v) is 4.05. The van der Waals surface area contributed by atoms with Gasteiger partial charge >= 0.3 is 0 Å². The van der Waals surface area contributed by atoms with Crippen LogP contribution >= 0.6 is 0 Å². The van der Waals surface area contributed by atoms with Crippen LogP contribution in [-0.4, -0.2) is 31.4 Å². The van der Waals surface area contributed by atoms with Gasteiger partial charge < -0.3 is 15.1 Å². The van der Waals surface area contributed by atoms with Gasteiger partial charge in [0.05, 0.1) is 17.2 Å². The van der Waals surface area contributed by atoms with E-state index in [1.165, 1.54) is 24.9 Å². The van der Waals surface area contributed by atoms with E-state index >= 15 is 0 Å². The number of amides is 2. The number of nitrogens with one attached hydrogen (secondary N) is 1. The fourth-order valence-electron chi connectivity index (χ4n) is 4.05. The number of nitriles is 1. The molecule has 6 heteroatoms. The molecule has 2 saturated heterocycles. The number of hydrogen-bond acceptors (Lipinski definition) is 4. The molecule has 1 atom stereocenters. The quantitative estimate of drug-likeness (QED) is 0.869. The number of para-hydroxylation sites is 1. The van der Waals surface area contributed by atoms with Crippen LogP contribution in [0, 0.1) is 17.2 Å². The van der Waals surface area contributed by atoms with Gasteiger partial charge in [0.1, 0.15) is 6.07 Å². The summed E-state index contributed by atoms with van der Waals surface area (Å²) in [6.45, 7) is 2.51. The Labute approximate surface area is 170 Å². The Kier molecular flexibility index (Phi) is 5.48. The highest BCUT2D eigenvalue weighted by Crippen LogP contribution is 2.29. The van der Waals surface area contributed by atoms with Crippen LogP contribution in [0.25, 0.3) is 0 Å². The molecule has 29 heavy (non-hydrogen) atoms. The van der Waals surface area contributed by atoms with Crippen LogP contribution in [0.3, 0.4) is 0 Å². The molecule has 0 aromatic heterocycles. The maximum atomic E-state index is 12.7. The Hall–Kier alpha value is -3.33. The zero-order chi connectivity index (χ0) is 20.2. The first-order valence-electron chi connectivity index (χ1n) is 10.1. The lowest BCUT2D eigenvalue weighted by Gasteiger charge is -2.29. The van der Waals surface area contributed by atoms with Gasteiger partial charge in [-0.1, -0.05) is 12.1 Å². The van der Waals surface area contributed by atoms with E-state index in [4.69, 9.17) is 0 Å². The largest absolute Gasteiger partial charge is 0.372 e. The van der Waals surface area contributed by atoms with Crippen LogP contribution in [0.5, 0.6) is 0 Å². The van der Waals surface area contributed by atoms with Crippen molar-refractivity contribution in [1.29, 1.82) is 5.26 Å². The zero-order valence-corrected chi connectivity index (χ0v) is 16.3. The minimum Gasteiger partial charge on any atom is -0.372 e. The minimum absolute atomic E-state index is 0.0514. The lowest BCUT2D eigenvalue weighted by molar-refractivity contribution is -0.122. The zero-order valence-electron chi connectivity index (χ0n) is 16.3. The standard InChI is InChI=1S/C23H24N4O2/c24-15-17-6-2-3-7-21(17)25-23(29)18-14-22(28)27(16-18)20-10-8-19(9-11-20)26-12-4-1-5-13-26/h2-3,6-11,18H,1,4-5,12-14,16H2,(H,25,29). The summed E-state index contributed by atoms with van der Waals surface area (Å²) in [4.78, 5) is 29.3. The molecular weight excluding hydrogens is 364 g/mol. The Morgan fingerprint density at radius 2 is 1.69 bits per heavy atom. The molecule has 1 N–H and O–H groups in total. The highest BCUT2D eigenvalue weighted by Gasteiger charge is 2.35. The molecular formula is C23H24N4O2. The molecule has 1 unspecified atom stereocenters. The van der Waals surface area contributed by atoms with E-state index in [9.17, 15) is 14.9 Å². The van der Waals surface area contributed by atoms with E-state index < -0.39 is 5.92 Å². The Morgan fingerprint density at radius 3 is 2.41 bits per heavy atom. The van der Waals surface area contributed by atoms with Crippen molar-refractivity contribution >= 4 is 28.9 Å². The average molecular weight is 388 g/mol. The molecule has 0 spiro atoms. The summed E-state index contributed by atoms with van der Waals surface area (Å²) in [5.74, 6) is -0.714. The SMILES string of the molecule is N#Cc1ccccc1NC(=O)C1CC(=O)N(c2ccc(N3CCCCC3)cc2)C1. The molecule has 0 radical (unpaired) electrons. The van der Waals surface area contributed by atoms with Gasteiger partial charge in [0.25, 0.3) is 0 Å². The van der Waals surface area contributed by atoms with Gasteiger partial charge in [-0.2, -0.15) is 5.26 Å². The van der Waals surface area contributed by atoms with Crippen molar-refractivity contribution in [2.75, 3.05) is 34.8 Å². The van der Waals surface area contributed by atoms with Crippen molar-refractivity contribution in [3.8, 4) is 6.07 Å². The smallest absolute Gasteiger partial charge is 0.229 e. The van der Waals surface area contributed by atoms with Crippen molar-refractivity contribution in [1.82, 2.24) is 0 Å². The first-order chi connectivity index (χ1) is 14.2. The summed E-state index contributed by atoms with van der Waals surface area (Å²) in [7, 11) is 0. The molecule has 0 aliphatic carbocycles. The van der Waals surface area contributed by atoms with Crippen molar-refractivity contribution in [2.24, 2.45) is 5.92 Å². The van der Waals surface area contributed by atoms with Crippen LogP contribution in [0.15, 0.2) is 48.5 Å². The van der Waals surface area contributed by atoms with Crippen LogP contribution in [-0.2, 0) is 9.59 Å². The maximum absolute atomic E-state index is 12.7. The minimum atomic E-state index is -0.434. The lowest BCUT2D eigenvalue weighted by atomic mass is 10.1. The molecule has 6 nitrogen and oxygen atoms in total. The second-order valence-corrected chi connectivity index (χ2v) is 7.62. The highest BCUT2D eigenvalue weighted by molar-refractivity contribution is 6.03. The predicted molar refractivity (Wildman–Crippen MR) is 113 cm³/mol. The van der Waals surface area contributed by atoms with E-state index in [2.05, 4.69) is 28.4 Å². The Balaban J connectivity index is 1.42. The monoisotopic (exact) mass is 388 g/mol. The molecule has 2 heterocycles. The molecule has 2 aliphatic heterocycles. The number of nitrogens with zero attached hydrogens (tertiary/aromatic N) is 3. The van der Waals surface area contributed by atoms with E-state index in [0.717, 1.165) is 18.8 Å². The van der Waals surface area contributed by atoms with E-state index in [1.54, 1.807) is 29.2 Å². The van der Waals surface area contributed by atoms with Gasteiger partial charge in [-0.15, -0.1) is 0 Å². The number of piperidine rings is 1. The number of carbonyl (C=O) groups is 2. The highest BCUT2D eigenvalue weighted by atomic mass is 16.2. The van der Waals surface area contributed by atoms with Gasteiger partial charge in [0.15, 0.2) is 0 Å². The maximum Gasteiger partial charge on any atom is 0.229 e. The average Bonchev–Trinajstić information content (AvgIpc) is 3.16. The fraction of sp³-hybridized carbons (Fsp3) is 0.348. The number of anilines is 3. The van der Waals surface area contributed by atoms with Gasteiger partial charge in [-0.05, 0) is 55.7 Å². The number of benzene rings is 2. The van der Waals surface area contributed by atoms with E-state index in [0.29, 0.717) is 17.8 Å². The molecule has 2 aromatic rings. The number of hydrogen-bond donors (Lipinski definition) is 1. The molecule has 0 bridgehead atoms. The van der Waals surface area contributed by atoms with Crippen LogP contribution in [0.2, 0.25) is 0 Å². The van der Waals surface area contributed by atoms with Crippen LogP contribution < -0.4 is 15.1 Å². The summed E-state index contributed by atoms with van der Waals surface area (Å²) in [5.41, 5.74) is 2.90. The summed E-state index contributed by atoms with van der Waals surface area (Å²) in [6, 6.07) is 17.0. The van der Waals surface area contributed by atoms with Crippen molar-refractivity contribution in [3.05, 3.63) is 54.1 Å². The third-order valence-electron chi connectivity index (χ3n) is 5.68. The summed E-state index contributed by atoms with van der Waals surface area (Å²) < 4.78 is 0. The first-order valence-corrected chi connectivity index (χ1v) is 10.1. The number of rotatable bonds is 4. The van der Waals surface area contributed by atoms with Crippen molar-refractivity contribution in [3.63, 3.8) is 0 Å². The molecule has 2 amide bonds. The van der Waals surface area contributed by atoms with Gasteiger partial charge in [0, 0.05) is 37.4 Å². The summed E-state index contributed by atoms with van der Waals surface area (Å²) in [6.07, 6.45) is 3.91. The predicted octanol–water partition coefficient (Wildman–Crippen LogP) is 3.54. The number of carbonyl (C=O) groups excluding carboxylic acids is 2. The normalized spacial score (nSPS) is 19.1. The third kappa shape index (κ3) is 4.09. The lowest BCUT2D eigenvalue weighted by Crippen LogP contribution is -2.30. The second kappa shape index (κ2) is 8.36. The van der Waals surface area contributed by atoms with Gasteiger partial charge in [0.2, 0.25) is 11.8 Å². The van der Waals surface area contributed by atoms with Gasteiger partial charge in [-0.25, -0.2) is 0 Å². The molecule has 4 rings (SSSR count). The van der Waals surface area contributed by atoms with E-state index in [1.807, 2.05) is 12.1 Å². The molecule has 0 saturated carbocycles. The Morgan fingerprint density at radius 1 is 1.00 bits per heavy atom. The van der Waals surface area contributed by atoms with Crippen molar-refractivity contribution < 1.29 is 9.59 Å². The third-order valence-corrected chi connectivity index (χ3v) is 5.68. The van der Waals surface area contributed by atoms with E-state index in [-0.39, 0.29) is 18.2 Å². The molecule has 2 aliphatic rings. The topological polar surface area (TPSA) is 76.4 Å². The summed E-state index contributed by atoms with van der Waals surface area (Å²) in [5, 5.41) is 12.0. The van der Waals surface area contributed by atoms with Gasteiger partial charge in [-0.3, -0.25) is 9.59 Å². The first kappa shape index (κ1) is 19.0.